The van der Waals surface area contributed by atoms with E-state index in [1.807, 2.05) is 25.4 Å². The van der Waals surface area contributed by atoms with Crippen LogP contribution in [-0.4, -0.2) is 14.4 Å². The minimum absolute atomic E-state index is 0.118. The first-order chi connectivity index (χ1) is 10.7. The monoisotopic (exact) mass is 344 g/mol. The Morgan fingerprint density at radius 1 is 1.26 bits per heavy atom. The normalized spacial score (nSPS) is 11.9. The van der Waals surface area contributed by atoms with E-state index in [1.54, 1.807) is 15.7 Å². The maximum Gasteiger partial charge on any atom is 0.156 e. The molecule has 0 unspecified atom stereocenters. The predicted octanol–water partition coefficient (Wildman–Crippen LogP) is 4.90. The van der Waals surface area contributed by atoms with E-state index < -0.39 is 0 Å². The highest BCUT2D eigenvalue weighted by molar-refractivity contribution is 7.09. The van der Waals surface area contributed by atoms with E-state index in [0.717, 1.165) is 27.5 Å². The van der Waals surface area contributed by atoms with Crippen LogP contribution in [-0.2, 0) is 5.41 Å². The van der Waals surface area contributed by atoms with Crippen LogP contribution in [0.4, 0.5) is 0 Å². The number of hydrogen-bond acceptors (Lipinski definition) is 4. The number of nitrogens with zero attached hydrogens (tertiary/aromatic N) is 4. The molecule has 0 fully saturated rings. The van der Waals surface area contributed by atoms with Crippen molar-refractivity contribution in [1.82, 2.24) is 14.4 Å². The summed E-state index contributed by atoms with van der Waals surface area (Å²) in [5.41, 5.74) is 4.37. The minimum atomic E-state index is -0.118. The zero-order valence-electron chi connectivity index (χ0n) is 13.7. The fourth-order valence-electron chi connectivity index (χ4n) is 2.55. The zero-order valence-corrected chi connectivity index (χ0v) is 15.3. The number of aromatic nitrogens is 3. The van der Waals surface area contributed by atoms with Crippen molar-refractivity contribution in [3.8, 4) is 17.3 Å². The molecule has 0 N–H and O–H groups in total. The molecule has 0 radical (unpaired) electrons. The average Bonchev–Trinajstić information content (AvgIpc) is 3.06. The molecule has 0 amide bonds. The van der Waals surface area contributed by atoms with Crippen molar-refractivity contribution in [3.63, 3.8) is 0 Å². The Kier molecular flexibility index (Phi) is 3.70. The summed E-state index contributed by atoms with van der Waals surface area (Å²) in [6.45, 7) is 10.1. The molecule has 4 nitrogen and oxygen atoms in total. The number of rotatable bonds is 1. The van der Waals surface area contributed by atoms with Crippen LogP contribution in [0, 0.1) is 25.2 Å². The number of pyridine rings is 1. The fourth-order valence-corrected chi connectivity index (χ4v) is 3.52. The van der Waals surface area contributed by atoms with E-state index in [4.69, 9.17) is 11.6 Å². The second kappa shape index (κ2) is 5.33. The number of aryl methyl sites for hydroxylation is 1. The molecular formula is C17H17ClN4S. The van der Waals surface area contributed by atoms with Gasteiger partial charge in [-0.25, -0.2) is 9.97 Å². The number of fused-ring (bicyclic) bond motifs is 1. The Labute approximate surface area is 144 Å². The number of hydrogen-bond donors (Lipinski definition) is 0. The second-order valence-electron chi connectivity index (χ2n) is 6.60. The number of thiazole rings is 1. The van der Waals surface area contributed by atoms with Gasteiger partial charge in [0.05, 0.1) is 22.0 Å². The lowest BCUT2D eigenvalue weighted by Gasteiger charge is -2.13. The highest BCUT2D eigenvalue weighted by Gasteiger charge is 2.24. The van der Waals surface area contributed by atoms with Crippen LogP contribution in [0.3, 0.4) is 0 Å². The molecule has 0 aliphatic heterocycles. The molecule has 3 aromatic heterocycles. The van der Waals surface area contributed by atoms with Gasteiger partial charge in [0.25, 0.3) is 0 Å². The zero-order chi connectivity index (χ0) is 16.9. The van der Waals surface area contributed by atoms with E-state index in [1.165, 1.54) is 0 Å². The molecule has 3 heterocycles. The van der Waals surface area contributed by atoms with Crippen LogP contribution in [0.2, 0.25) is 5.15 Å². The maximum absolute atomic E-state index is 9.63. The van der Waals surface area contributed by atoms with Crippen LogP contribution in [0.25, 0.3) is 16.9 Å². The second-order valence-corrected chi connectivity index (χ2v) is 8.02. The number of imidazole rings is 1. The van der Waals surface area contributed by atoms with Crippen LogP contribution in [0.15, 0.2) is 11.6 Å². The van der Waals surface area contributed by atoms with E-state index in [-0.39, 0.29) is 5.41 Å². The third kappa shape index (κ3) is 2.52. The molecule has 3 rings (SSSR count). The van der Waals surface area contributed by atoms with Gasteiger partial charge in [-0.05, 0) is 19.4 Å². The Morgan fingerprint density at radius 3 is 2.48 bits per heavy atom. The van der Waals surface area contributed by atoms with Crippen molar-refractivity contribution >= 4 is 28.6 Å². The molecule has 0 saturated carbocycles. The smallest absolute Gasteiger partial charge is 0.156 e. The van der Waals surface area contributed by atoms with Crippen LogP contribution >= 0.6 is 22.9 Å². The van der Waals surface area contributed by atoms with Crippen LogP contribution in [0.1, 0.15) is 42.6 Å². The molecule has 0 spiro atoms. The van der Waals surface area contributed by atoms with E-state index in [2.05, 4.69) is 36.8 Å². The third-order valence-electron chi connectivity index (χ3n) is 3.85. The van der Waals surface area contributed by atoms with Gasteiger partial charge in [-0.3, -0.25) is 4.40 Å². The quantitative estimate of drug-likeness (QED) is 0.590. The minimum Gasteiger partial charge on any atom is -0.288 e. The van der Waals surface area contributed by atoms with Gasteiger partial charge < -0.3 is 0 Å². The Hall–Kier alpha value is -1.90. The summed E-state index contributed by atoms with van der Waals surface area (Å²) in [4.78, 5) is 9.19. The summed E-state index contributed by atoms with van der Waals surface area (Å²) in [5.74, 6) is 0. The van der Waals surface area contributed by atoms with Crippen molar-refractivity contribution in [2.75, 3.05) is 0 Å². The third-order valence-corrected chi connectivity index (χ3v) is 5.00. The summed E-state index contributed by atoms with van der Waals surface area (Å²) in [7, 11) is 0. The first kappa shape index (κ1) is 16.0. The SMILES string of the molecule is Cc1nc(-c2c(C)c(C#N)c3nc(C(C)(C)C)cn3c2Cl)cs1. The summed E-state index contributed by atoms with van der Waals surface area (Å²) in [5, 5.41) is 13.1. The topological polar surface area (TPSA) is 54.0 Å². The molecule has 0 atom stereocenters. The summed E-state index contributed by atoms with van der Waals surface area (Å²) >= 11 is 8.23. The first-order valence-electron chi connectivity index (χ1n) is 7.28. The highest BCUT2D eigenvalue weighted by atomic mass is 35.5. The standard InChI is InChI=1S/C17H17ClN4S/c1-9-11(6-19)16-21-13(17(3,4)5)7-22(16)15(18)14(9)12-8-23-10(2)20-12/h7-8H,1-5H3. The van der Waals surface area contributed by atoms with Gasteiger partial charge in [0.1, 0.15) is 11.2 Å². The van der Waals surface area contributed by atoms with Crippen molar-refractivity contribution in [3.05, 3.63) is 38.6 Å². The molecule has 0 aliphatic carbocycles. The Morgan fingerprint density at radius 2 is 1.96 bits per heavy atom. The summed E-state index contributed by atoms with van der Waals surface area (Å²) < 4.78 is 1.80. The van der Waals surface area contributed by atoms with Gasteiger partial charge in [-0.1, -0.05) is 32.4 Å². The van der Waals surface area contributed by atoms with Gasteiger partial charge >= 0.3 is 0 Å². The molecule has 0 aliphatic rings. The van der Waals surface area contributed by atoms with Gasteiger partial charge in [-0.2, -0.15) is 5.26 Å². The average molecular weight is 345 g/mol. The predicted molar refractivity (Wildman–Crippen MR) is 94.2 cm³/mol. The molecule has 118 valence electrons. The van der Waals surface area contributed by atoms with Crippen molar-refractivity contribution in [1.29, 1.82) is 5.26 Å². The molecule has 0 aromatic carbocycles. The van der Waals surface area contributed by atoms with Gasteiger partial charge in [0.2, 0.25) is 0 Å². The van der Waals surface area contributed by atoms with Crippen LogP contribution in [0.5, 0.6) is 0 Å². The van der Waals surface area contributed by atoms with E-state index >= 15 is 0 Å². The van der Waals surface area contributed by atoms with Gasteiger partial charge in [0.15, 0.2) is 5.65 Å². The van der Waals surface area contributed by atoms with Gasteiger partial charge in [0, 0.05) is 22.6 Å². The van der Waals surface area contributed by atoms with Crippen molar-refractivity contribution in [2.24, 2.45) is 0 Å². The van der Waals surface area contributed by atoms with Crippen molar-refractivity contribution < 1.29 is 0 Å². The molecule has 6 heteroatoms. The largest absolute Gasteiger partial charge is 0.288 e. The van der Waals surface area contributed by atoms with E-state index in [0.29, 0.717) is 16.4 Å². The van der Waals surface area contributed by atoms with Crippen molar-refractivity contribution in [2.45, 2.75) is 40.0 Å². The molecular weight excluding hydrogens is 328 g/mol. The van der Waals surface area contributed by atoms with Crippen LogP contribution < -0.4 is 0 Å². The number of halogens is 1. The molecule has 0 bridgehead atoms. The lowest BCUT2D eigenvalue weighted by Crippen LogP contribution is -2.11. The lowest BCUT2D eigenvalue weighted by atomic mass is 9.93. The Balaban J connectivity index is 2.42. The Bertz CT molecular complexity index is 954. The molecule has 23 heavy (non-hydrogen) atoms. The van der Waals surface area contributed by atoms with Gasteiger partial charge in [-0.15, -0.1) is 11.3 Å². The lowest BCUT2D eigenvalue weighted by molar-refractivity contribution is 0.573. The first-order valence-corrected chi connectivity index (χ1v) is 8.54. The van der Waals surface area contributed by atoms with E-state index in [9.17, 15) is 5.26 Å². The highest BCUT2D eigenvalue weighted by Crippen LogP contribution is 2.36. The number of nitriles is 1. The molecule has 0 saturated heterocycles. The molecule has 3 aromatic rings. The summed E-state index contributed by atoms with van der Waals surface area (Å²) in [6.07, 6.45) is 1.92. The maximum atomic E-state index is 9.63. The summed E-state index contributed by atoms with van der Waals surface area (Å²) in [6, 6.07) is 2.28. The fraction of sp³-hybridized carbons (Fsp3) is 0.353.